The number of nitrogens with one attached hydrogen (secondary N) is 1. The second-order valence-corrected chi connectivity index (χ2v) is 11.1. The molecule has 2 rings (SSSR count). The van der Waals surface area contributed by atoms with Gasteiger partial charge in [0.1, 0.15) is 18.4 Å². The van der Waals surface area contributed by atoms with Crippen molar-refractivity contribution in [2.45, 2.75) is 45.3 Å². The Bertz CT molecular complexity index is 1110. The highest BCUT2D eigenvalue weighted by Crippen LogP contribution is 2.37. The van der Waals surface area contributed by atoms with Crippen LogP contribution in [-0.2, 0) is 26.4 Å². The zero-order chi connectivity index (χ0) is 25.9. The highest BCUT2D eigenvalue weighted by molar-refractivity contribution is 7.92. The van der Waals surface area contributed by atoms with Crippen molar-refractivity contribution in [2.75, 3.05) is 23.7 Å². The summed E-state index contributed by atoms with van der Waals surface area (Å²) in [5.41, 5.74) is -0.381. The van der Waals surface area contributed by atoms with Crippen LogP contribution in [0.25, 0.3) is 0 Å². The molecule has 0 heterocycles. The van der Waals surface area contributed by atoms with Crippen LogP contribution in [0, 0.1) is 0 Å². The highest BCUT2D eigenvalue weighted by Gasteiger charge is 2.36. The summed E-state index contributed by atoms with van der Waals surface area (Å²) in [6, 6.07) is 8.88. The topological polar surface area (TPSA) is 75.7 Å². The summed E-state index contributed by atoms with van der Waals surface area (Å²) >= 11 is 5.63. The van der Waals surface area contributed by atoms with Gasteiger partial charge in [-0.1, -0.05) is 44.5 Å². The van der Waals surface area contributed by atoms with Crippen molar-refractivity contribution in [1.82, 2.24) is 5.32 Å². The van der Waals surface area contributed by atoms with Gasteiger partial charge in [-0.15, -0.1) is 0 Å². The number of hydrogen-bond donors (Lipinski definition) is 1. The second-order valence-electron chi connectivity index (χ2n) is 8.81. The Labute approximate surface area is 203 Å². The maximum Gasteiger partial charge on any atom is 0.417 e. The quantitative estimate of drug-likeness (QED) is 0.497. The number of anilines is 1. The van der Waals surface area contributed by atoms with Gasteiger partial charge in [-0.3, -0.25) is 9.10 Å². The van der Waals surface area contributed by atoms with E-state index in [4.69, 9.17) is 16.3 Å². The standard InChI is InChI=1S/C23H28ClF3N2O4S/c1-15(21(30)28-12-13-33-18-9-6-16(7-10-18)22(2,3)4)29(34(5,31)32)17-8-11-20(24)19(14-17)23(25,26)27/h6-11,14-15H,12-13H2,1-5H3,(H,28,30)/t15-/m0/s1. The van der Waals surface area contributed by atoms with Crippen molar-refractivity contribution in [3.05, 3.63) is 58.6 Å². The van der Waals surface area contributed by atoms with Crippen LogP contribution in [0.1, 0.15) is 38.8 Å². The molecule has 2 aromatic rings. The van der Waals surface area contributed by atoms with Gasteiger partial charge in [0.2, 0.25) is 15.9 Å². The molecule has 188 valence electrons. The summed E-state index contributed by atoms with van der Waals surface area (Å²) in [5, 5.41) is 1.97. The predicted octanol–water partition coefficient (Wildman–Crippen LogP) is 5.01. The summed E-state index contributed by atoms with van der Waals surface area (Å²) in [5.74, 6) is -0.0884. The number of amides is 1. The number of carbonyl (C=O) groups is 1. The summed E-state index contributed by atoms with van der Waals surface area (Å²) in [7, 11) is -4.10. The van der Waals surface area contributed by atoms with Gasteiger partial charge in [0, 0.05) is 0 Å². The number of nitrogens with zero attached hydrogens (tertiary/aromatic N) is 1. The summed E-state index contributed by atoms with van der Waals surface area (Å²) in [6.45, 7) is 7.74. The van der Waals surface area contributed by atoms with Gasteiger partial charge >= 0.3 is 6.18 Å². The zero-order valence-corrected chi connectivity index (χ0v) is 21.1. The van der Waals surface area contributed by atoms with E-state index in [9.17, 15) is 26.4 Å². The number of carbonyl (C=O) groups excluding carboxylic acids is 1. The lowest BCUT2D eigenvalue weighted by Crippen LogP contribution is -2.48. The Hall–Kier alpha value is -2.46. The number of benzene rings is 2. The first-order valence-corrected chi connectivity index (χ1v) is 12.6. The fourth-order valence-electron chi connectivity index (χ4n) is 3.22. The fraction of sp³-hybridized carbons (Fsp3) is 0.435. The fourth-order valence-corrected chi connectivity index (χ4v) is 4.61. The molecule has 1 N–H and O–H groups in total. The number of rotatable bonds is 8. The van der Waals surface area contributed by atoms with E-state index < -0.39 is 38.7 Å². The van der Waals surface area contributed by atoms with E-state index in [1.165, 1.54) is 6.92 Å². The van der Waals surface area contributed by atoms with Gasteiger partial charge in [0.15, 0.2) is 0 Å². The van der Waals surface area contributed by atoms with Gasteiger partial charge < -0.3 is 10.1 Å². The molecule has 0 spiro atoms. The maximum atomic E-state index is 13.2. The SMILES string of the molecule is C[C@@H](C(=O)NCCOc1ccc(C(C)(C)C)cc1)N(c1ccc(Cl)c(C(F)(F)F)c1)S(C)(=O)=O. The van der Waals surface area contributed by atoms with E-state index >= 15 is 0 Å². The molecular formula is C23H28ClF3N2O4S. The second kappa shape index (κ2) is 10.4. The van der Waals surface area contributed by atoms with Crippen molar-refractivity contribution in [1.29, 1.82) is 0 Å². The molecule has 0 saturated carbocycles. The number of hydrogen-bond acceptors (Lipinski definition) is 4. The minimum atomic E-state index is -4.79. The Morgan fingerprint density at radius 2 is 1.71 bits per heavy atom. The van der Waals surface area contributed by atoms with Crippen LogP contribution in [0.2, 0.25) is 5.02 Å². The van der Waals surface area contributed by atoms with E-state index in [-0.39, 0.29) is 24.3 Å². The molecule has 0 radical (unpaired) electrons. The molecule has 0 aliphatic rings. The van der Waals surface area contributed by atoms with Gasteiger partial charge in [-0.05, 0) is 48.2 Å². The van der Waals surface area contributed by atoms with Gasteiger partial charge in [-0.2, -0.15) is 13.2 Å². The summed E-state index contributed by atoms with van der Waals surface area (Å²) in [6.07, 6.45) is -3.98. The first kappa shape index (κ1) is 27.8. The average Bonchev–Trinajstić information content (AvgIpc) is 2.70. The first-order valence-electron chi connectivity index (χ1n) is 10.4. The normalized spacial score (nSPS) is 13.3. The van der Waals surface area contributed by atoms with Crippen LogP contribution < -0.4 is 14.4 Å². The minimum absolute atomic E-state index is 0.000911. The molecule has 34 heavy (non-hydrogen) atoms. The van der Waals surface area contributed by atoms with Gasteiger partial charge in [-0.25, -0.2) is 8.42 Å². The molecule has 11 heteroatoms. The molecule has 0 aliphatic heterocycles. The lowest BCUT2D eigenvalue weighted by Gasteiger charge is -2.29. The van der Waals surface area contributed by atoms with Gasteiger partial charge in [0.05, 0.1) is 29.1 Å². The predicted molar refractivity (Wildman–Crippen MR) is 127 cm³/mol. The van der Waals surface area contributed by atoms with Crippen molar-refractivity contribution < 1.29 is 31.1 Å². The molecule has 6 nitrogen and oxygen atoms in total. The van der Waals surface area contributed by atoms with E-state index in [1.54, 1.807) is 0 Å². The molecule has 0 bridgehead atoms. The van der Waals surface area contributed by atoms with Crippen molar-refractivity contribution in [2.24, 2.45) is 0 Å². The van der Waals surface area contributed by atoms with E-state index in [0.29, 0.717) is 16.1 Å². The Balaban J connectivity index is 2.07. The molecule has 0 aromatic heterocycles. The van der Waals surface area contributed by atoms with Crippen LogP contribution in [-0.4, -0.2) is 39.8 Å². The Kier molecular flexibility index (Phi) is 8.53. The number of alkyl halides is 3. The van der Waals surface area contributed by atoms with Crippen molar-refractivity contribution in [3.8, 4) is 5.75 Å². The van der Waals surface area contributed by atoms with Crippen molar-refractivity contribution in [3.63, 3.8) is 0 Å². The van der Waals surface area contributed by atoms with Crippen molar-refractivity contribution >= 4 is 33.2 Å². The van der Waals surface area contributed by atoms with E-state index in [2.05, 4.69) is 26.1 Å². The zero-order valence-electron chi connectivity index (χ0n) is 19.5. The third-order valence-corrected chi connectivity index (χ3v) is 6.56. The third kappa shape index (κ3) is 7.27. The van der Waals surface area contributed by atoms with Crippen LogP contribution in [0.5, 0.6) is 5.75 Å². The Morgan fingerprint density at radius 1 is 1.12 bits per heavy atom. The average molecular weight is 521 g/mol. The maximum absolute atomic E-state index is 13.2. The summed E-state index contributed by atoms with van der Waals surface area (Å²) < 4.78 is 70.6. The molecule has 1 atom stereocenters. The third-order valence-electron chi connectivity index (χ3n) is 4.99. The molecule has 0 fully saturated rings. The first-order chi connectivity index (χ1) is 15.5. The molecule has 2 aromatic carbocycles. The minimum Gasteiger partial charge on any atom is -0.492 e. The van der Waals surface area contributed by atoms with E-state index in [0.717, 1.165) is 24.0 Å². The largest absolute Gasteiger partial charge is 0.492 e. The lowest BCUT2D eigenvalue weighted by atomic mass is 9.87. The van der Waals surface area contributed by atoms with Crippen LogP contribution in [0.15, 0.2) is 42.5 Å². The molecule has 0 unspecified atom stereocenters. The number of ether oxygens (including phenoxy) is 1. The number of sulfonamides is 1. The van der Waals surface area contributed by atoms with Crippen LogP contribution in [0.3, 0.4) is 0 Å². The van der Waals surface area contributed by atoms with E-state index in [1.807, 2.05) is 24.3 Å². The lowest BCUT2D eigenvalue weighted by molar-refractivity contribution is -0.137. The monoisotopic (exact) mass is 520 g/mol. The molecular weight excluding hydrogens is 493 g/mol. The Morgan fingerprint density at radius 3 is 2.21 bits per heavy atom. The highest BCUT2D eigenvalue weighted by atomic mass is 35.5. The molecule has 1 amide bonds. The van der Waals surface area contributed by atoms with Gasteiger partial charge in [0.25, 0.3) is 0 Å². The number of halogens is 4. The van der Waals surface area contributed by atoms with Crippen LogP contribution in [0.4, 0.5) is 18.9 Å². The smallest absolute Gasteiger partial charge is 0.417 e. The summed E-state index contributed by atoms with van der Waals surface area (Å²) in [4.78, 5) is 12.6. The molecule has 0 aliphatic carbocycles. The van der Waals surface area contributed by atoms with Crippen LogP contribution >= 0.6 is 11.6 Å². The molecule has 0 saturated heterocycles.